The van der Waals surface area contributed by atoms with Crippen molar-refractivity contribution in [2.45, 2.75) is 46.6 Å². The van der Waals surface area contributed by atoms with E-state index in [-0.39, 0.29) is 5.60 Å². The molecule has 0 saturated carbocycles. The van der Waals surface area contributed by atoms with Gasteiger partial charge in [-0.2, -0.15) is 0 Å². The molecule has 2 rings (SSSR count). The van der Waals surface area contributed by atoms with E-state index >= 15 is 0 Å². The average Bonchev–Trinajstić information content (AvgIpc) is 2.51. The predicted molar refractivity (Wildman–Crippen MR) is 91.4 cm³/mol. The number of benzene rings is 1. The number of hydrogen-bond acceptors (Lipinski definition) is 3. The molecule has 1 N–H and O–H groups in total. The van der Waals surface area contributed by atoms with Crippen LogP contribution in [0.15, 0.2) is 24.0 Å². The monoisotopic (exact) mass is 320 g/mol. The standard InChI is InChI=1S/C19H25FO3/c1-6-13-10-19(4,5)23-18-9-17(22-7-2)14(8-15(13)18)12(3)16(20)11-21/h8-10,21H,6-7,11H2,1-5H3. The van der Waals surface area contributed by atoms with Crippen LogP contribution in [-0.4, -0.2) is 23.9 Å². The Morgan fingerprint density at radius 2 is 2.00 bits per heavy atom. The van der Waals surface area contributed by atoms with E-state index in [1.165, 1.54) is 0 Å². The van der Waals surface area contributed by atoms with Gasteiger partial charge < -0.3 is 14.6 Å². The minimum Gasteiger partial charge on any atom is -0.493 e. The van der Waals surface area contributed by atoms with Gasteiger partial charge in [-0.3, -0.25) is 0 Å². The smallest absolute Gasteiger partial charge is 0.131 e. The molecule has 126 valence electrons. The van der Waals surface area contributed by atoms with Crippen LogP contribution in [0.4, 0.5) is 4.39 Å². The second-order valence-corrected chi connectivity index (χ2v) is 6.19. The van der Waals surface area contributed by atoms with Gasteiger partial charge in [0.1, 0.15) is 22.9 Å². The first-order valence-electron chi connectivity index (χ1n) is 8.01. The molecule has 0 unspecified atom stereocenters. The molecule has 0 atom stereocenters. The van der Waals surface area contributed by atoms with E-state index in [9.17, 15) is 4.39 Å². The van der Waals surface area contributed by atoms with Gasteiger partial charge in [-0.15, -0.1) is 0 Å². The van der Waals surface area contributed by atoms with Gasteiger partial charge in [0.25, 0.3) is 0 Å². The lowest BCUT2D eigenvalue weighted by molar-refractivity contribution is 0.157. The Morgan fingerprint density at radius 3 is 2.57 bits per heavy atom. The number of ether oxygens (including phenoxy) is 2. The Bertz CT molecular complexity index is 657. The van der Waals surface area contributed by atoms with Crippen molar-refractivity contribution in [2.75, 3.05) is 13.2 Å². The third-order valence-corrected chi connectivity index (χ3v) is 3.95. The third-order valence-electron chi connectivity index (χ3n) is 3.95. The maximum Gasteiger partial charge on any atom is 0.131 e. The zero-order valence-corrected chi connectivity index (χ0v) is 14.5. The number of aliphatic hydroxyl groups is 1. The van der Waals surface area contributed by atoms with Crippen molar-refractivity contribution in [2.24, 2.45) is 0 Å². The molecular formula is C19H25FO3. The van der Waals surface area contributed by atoms with Crippen LogP contribution in [0.3, 0.4) is 0 Å². The van der Waals surface area contributed by atoms with E-state index in [0.717, 1.165) is 23.3 Å². The molecule has 1 aliphatic heterocycles. The highest BCUT2D eigenvalue weighted by molar-refractivity contribution is 5.80. The van der Waals surface area contributed by atoms with Crippen LogP contribution >= 0.6 is 0 Å². The SMILES string of the molecule is CCOc1cc2c(cc1C(C)=C(F)CO)C(CC)=CC(C)(C)O2. The zero-order valence-electron chi connectivity index (χ0n) is 14.5. The molecule has 23 heavy (non-hydrogen) atoms. The van der Waals surface area contributed by atoms with Crippen molar-refractivity contribution in [1.29, 1.82) is 0 Å². The maximum atomic E-state index is 13.9. The average molecular weight is 320 g/mol. The van der Waals surface area contributed by atoms with E-state index in [1.807, 2.05) is 32.9 Å². The number of rotatable bonds is 5. The summed E-state index contributed by atoms with van der Waals surface area (Å²) in [5, 5.41) is 9.08. The van der Waals surface area contributed by atoms with Crippen molar-refractivity contribution in [3.8, 4) is 11.5 Å². The molecule has 1 heterocycles. The summed E-state index contributed by atoms with van der Waals surface area (Å²) in [6.45, 7) is 9.50. The number of halogens is 1. The summed E-state index contributed by atoms with van der Waals surface area (Å²) in [4.78, 5) is 0. The first kappa shape index (κ1) is 17.5. The fraction of sp³-hybridized carbons (Fsp3) is 0.474. The molecule has 0 aliphatic carbocycles. The van der Waals surface area contributed by atoms with E-state index in [4.69, 9.17) is 14.6 Å². The highest BCUT2D eigenvalue weighted by atomic mass is 19.1. The quantitative estimate of drug-likeness (QED) is 0.851. The van der Waals surface area contributed by atoms with Gasteiger partial charge in [0, 0.05) is 17.2 Å². The zero-order chi connectivity index (χ0) is 17.2. The molecule has 0 amide bonds. The second-order valence-electron chi connectivity index (χ2n) is 6.19. The molecule has 0 saturated heterocycles. The first-order chi connectivity index (χ1) is 10.8. The van der Waals surface area contributed by atoms with Gasteiger partial charge in [-0.25, -0.2) is 4.39 Å². The first-order valence-corrected chi connectivity index (χ1v) is 8.01. The number of fused-ring (bicyclic) bond motifs is 1. The van der Waals surface area contributed by atoms with Crippen LogP contribution in [0, 0.1) is 0 Å². The minimum atomic E-state index is -0.617. The summed E-state index contributed by atoms with van der Waals surface area (Å²) in [7, 11) is 0. The van der Waals surface area contributed by atoms with Gasteiger partial charge in [0.15, 0.2) is 0 Å². The fourth-order valence-corrected chi connectivity index (χ4v) is 2.83. The van der Waals surface area contributed by atoms with Crippen LogP contribution in [0.5, 0.6) is 11.5 Å². The molecular weight excluding hydrogens is 295 g/mol. The highest BCUT2D eigenvalue weighted by Gasteiger charge is 2.27. The van der Waals surface area contributed by atoms with Crippen molar-refractivity contribution >= 4 is 11.1 Å². The topological polar surface area (TPSA) is 38.7 Å². The Kier molecular flexibility index (Phi) is 5.15. The van der Waals surface area contributed by atoms with Crippen molar-refractivity contribution in [3.63, 3.8) is 0 Å². The van der Waals surface area contributed by atoms with Gasteiger partial charge in [-0.1, -0.05) is 6.92 Å². The largest absolute Gasteiger partial charge is 0.493 e. The molecule has 1 aromatic carbocycles. The lowest BCUT2D eigenvalue weighted by atomic mass is 9.90. The molecule has 1 aromatic rings. The van der Waals surface area contributed by atoms with Crippen LogP contribution in [0.1, 0.15) is 52.2 Å². The van der Waals surface area contributed by atoms with Crippen molar-refractivity contribution in [1.82, 2.24) is 0 Å². The number of allylic oxidation sites excluding steroid dienone is 2. The van der Waals surface area contributed by atoms with Crippen LogP contribution in [0.25, 0.3) is 11.1 Å². The van der Waals surface area contributed by atoms with E-state index in [2.05, 4.69) is 13.0 Å². The normalized spacial score (nSPS) is 16.9. The van der Waals surface area contributed by atoms with Crippen molar-refractivity contribution < 1.29 is 19.0 Å². The Morgan fingerprint density at radius 1 is 1.30 bits per heavy atom. The van der Waals surface area contributed by atoms with E-state index in [0.29, 0.717) is 23.5 Å². The Hall–Kier alpha value is -1.81. The summed E-state index contributed by atoms with van der Waals surface area (Å²) >= 11 is 0. The molecule has 0 fully saturated rings. The molecule has 1 aliphatic rings. The van der Waals surface area contributed by atoms with Gasteiger partial charge >= 0.3 is 0 Å². The second kappa shape index (κ2) is 6.75. The van der Waals surface area contributed by atoms with Crippen LogP contribution in [-0.2, 0) is 0 Å². The Labute approximate surface area is 137 Å². The van der Waals surface area contributed by atoms with E-state index in [1.54, 1.807) is 6.92 Å². The van der Waals surface area contributed by atoms with E-state index < -0.39 is 12.4 Å². The molecule has 0 aromatic heterocycles. The molecule has 0 radical (unpaired) electrons. The lowest BCUT2D eigenvalue weighted by Crippen LogP contribution is -2.29. The summed E-state index contributed by atoms with van der Waals surface area (Å²) in [6, 6.07) is 3.72. The van der Waals surface area contributed by atoms with Gasteiger partial charge in [0.05, 0.1) is 13.2 Å². The minimum absolute atomic E-state index is 0.384. The van der Waals surface area contributed by atoms with Crippen LogP contribution in [0.2, 0.25) is 0 Å². The third kappa shape index (κ3) is 3.58. The van der Waals surface area contributed by atoms with Crippen LogP contribution < -0.4 is 9.47 Å². The molecule has 0 bridgehead atoms. The molecule has 3 nitrogen and oxygen atoms in total. The summed E-state index contributed by atoms with van der Waals surface area (Å²) in [5.74, 6) is 0.768. The predicted octanol–water partition coefficient (Wildman–Crippen LogP) is 4.74. The summed E-state index contributed by atoms with van der Waals surface area (Å²) in [5.41, 5.74) is 2.77. The lowest BCUT2D eigenvalue weighted by Gasteiger charge is -2.32. The highest BCUT2D eigenvalue weighted by Crippen LogP contribution is 2.43. The van der Waals surface area contributed by atoms with Crippen molar-refractivity contribution in [3.05, 3.63) is 35.2 Å². The number of aliphatic hydroxyl groups excluding tert-OH is 1. The van der Waals surface area contributed by atoms with Gasteiger partial charge in [0.2, 0.25) is 0 Å². The maximum absolute atomic E-state index is 13.9. The fourth-order valence-electron chi connectivity index (χ4n) is 2.83. The summed E-state index contributed by atoms with van der Waals surface area (Å²) in [6.07, 6.45) is 2.96. The molecule has 0 spiro atoms. The Balaban J connectivity index is 2.67. The number of hydrogen-bond donors (Lipinski definition) is 1. The molecule has 4 heteroatoms. The van der Waals surface area contributed by atoms with Gasteiger partial charge in [-0.05, 0) is 57.4 Å². The summed E-state index contributed by atoms with van der Waals surface area (Å²) < 4.78 is 25.6.